The van der Waals surface area contributed by atoms with Crippen molar-refractivity contribution < 1.29 is 22.8 Å². The Morgan fingerprint density at radius 1 is 1.10 bits per heavy atom. The van der Waals surface area contributed by atoms with Crippen LogP contribution in [0.4, 0.5) is 0 Å². The van der Waals surface area contributed by atoms with E-state index in [-0.39, 0.29) is 6.10 Å². The fourth-order valence-electron chi connectivity index (χ4n) is 1.87. The molecule has 1 aliphatic rings. The lowest BCUT2D eigenvalue weighted by Crippen LogP contribution is -2.45. The molecule has 1 heterocycles. The SMILES string of the molecule is CCO[Si](C/C=C(\CC)OCC1CO1)(OCC)OCC. The lowest BCUT2D eigenvalue weighted by molar-refractivity contribution is 0.0737. The molecule has 0 aliphatic carbocycles. The van der Waals surface area contributed by atoms with Crippen molar-refractivity contribution in [2.75, 3.05) is 33.0 Å². The van der Waals surface area contributed by atoms with Crippen molar-refractivity contribution in [2.24, 2.45) is 0 Å². The maximum atomic E-state index is 5.81. The summed E-state index contributed by atoms with van der Waals surface area (Å²) < 4.78 is 28.3. The largest absolute Gasteiger partial charge is 0.505 e. The first-order chi connectivity index (χ1) is 9.69. The van der Waals surface area contributed by atoms with Crippen molar-refractivity contribution in [1.82, 2.24) is 0 Å². The molecule has 0 aromatic heterocycles. The van der Waals surface area contributed by atoms with Gasteiger partial charge in [0.2, 0.25) is 0 Å². The predicted octanol–water partition coefficient (Wildman–Crippen LogP) is 2.74. The van der Waals surface area contributed by atoms with Crippen molar-refractivity contribution in [3.63, 3.8) is 0 Å². The van der Waals surface area contributed by atoms with Crippen LogP contribution >= 0.6 is 0 Å². The number of ether oxygens (including phenoxy) is 2. The molecule has 1 rings (SSSR count). The first-order valence-electron chi connectivity index (χ1n) is 7.54. The Morgan fingerprint density at radius 3 is 2.05 bits per heavy atom. The van der Waals surface area contributed by atoms with Crippen molar-refractivity contribution in [1.29, 1.82) is 0 Å². The van der Waals surface area contributed by atoms with E-state index in [9.17, 15) is 0 Å². The molecule has 0 amide bonds. The van der Waals surface area contributed by atoms with Gasteiger partial charge in [0.15, 0.2) is 0 Å². The van der Waals surface area contributed by atoms with Crippen LogP contribution in [0.5, 0.6) is 0 Å². The average molecular weight is 304 g/mol. The van der Waals surface area contributed by atoms with E-state index in [1.54, 1.807) is 0 Å². The highest BCUT2D eigenvalue weighted by molar-refractivity contribution is 6.61. The van der Waals surface area contributed by atoms with Gasteiger partial charge < -0.3 is 22.8 Å². The Bertz CT molecular complexity index is 274. The summed E-state index contributed by atoms with van der Waals surface area (Å²) in [5.41, 5.74) is 0. The average Bonchev–Trinajstić information content (AvgIpc) is 3.24. The summed E-state index contributed by atoms with van der Waals surface area (Å²) >= 11 is 0. The minimum absolute atomic E-state index is 0.276. The second-order valence-corrected chi connectivity index (χ2v) is 7.12. The molecule has 6 heteroatoms. The van der Waals surface area contributed by atoms with Crippen LogP contribution in [0.25, 0.3) is 0 Å². The molecule has 0 N–H and O–H groups in total. The van der Waals surface area contributed by atoms with Crippen LogP contribution in [0.2, 0.25) is 6.04 Å². The molecule has 1 fully saturated rings. The maximum absolute atomic E-state index is 5.81. The molecule has 5 nitrogen and oxygen atoms in total. The van der Waals surface area contributed by atoms with Crippen LogP contribution in [0.15, 0.2) is 11.8 Å². The van der Waals surface area contributed by atoms with Gasteiger partial charge in [0.25, 0.3) is 0 Å². The van der Waals surface area contributed by atoms with Gasteiger partial charge in [-0.1, -0.05) is 6.92 Å². The third kappa shape index (κ3) is 6.36. The number of allylic oxidation sites excluding steroid dienone is 2. The van der Waals surface area contributed by atoms with E-state index in [1.165, 1.54) is 0 Å². The summed E-state index contributed by atoms with van der Waals surface area (Å²) in [5.74, 6) is 0.955. The van der Waals surface area contributed by atoms with Crippen LogP contribution in [0, 0.1) is 0 Å². The molecule has 1 unspecified atom stereocenters. The van der Waals surface area contributed by atoms with E-state index < -0.39 is 8.80 Å². The van der Waals surface area contributed by atoms with Gasteiger partial charge >= 0.3 is 8.80 Å². The molecule has 0 radical (unpaired) electrons. The Labute approximate surface area is 123 Å². The lowest BCUT2D eigenvalue weighted by Gasteiger charge is -2.27. The van der Waals surface area contributed by atoms with E-state index in [0.29, 0.717) is 32.5 Å². The normalized spacial score (nSPS) is 19.2. The smallest absolute Gasteiger partial charge is 0.495 e. The number of hydrogen-bond acceptors (Lipinski definition) is 5. The Hall–Kier alpha value is -0.403. The highest BCUT2D eigenvalue weighted by Crippen LogP contribution is 2.20. The fraction of sp³-hybridized carbons (Fsp3) is 0.857. The van der Waals surface area contributed by atoms with Crippen LogP contribution in [0.3, 0.4) is 0 Å². The second-order valence-electron chi connectivity index (χ2n) is 4.48. The Morgan fingerprint density at radius 2 is 1.65 bits per heavy atom. The maximum Gasteiger partial charge on any atom is 0.505 e. The van der Waals surface area contributed by atoms with E-state index in [0.717, 1.165) is 18.8 Å². The van der Waals surface area contributed by atoms with Gasteiger partial charge in [-0.25, -0.2) is 0 Å². The highest BCUT2D eigenvalue weighted by atomic mass is 28.4. The third-order valence-electron chi connectivity index (χ3n) is 2.88. The van der Waals surface area contributed by atoms with E-state index >= 15 is 0 Å². The molecular formula is C14H28O5Si. The molecule has 20 heavy (non-hydrogen) atoms. The van der Waals surface area contributed by atoms with Crippen LogP contribution in [0.1, 0.15) is 34.1 Å². The van der Waals surface area contributed by atoms with Crippen molar-refractivity contribution in [3.05, 3.63) is 11.8 Å². The monoisotopic (exact) mass is 304 g/mol. The first-order valence-corrected chi connectivity index (χ1v) is 9.48. The minimum Gasteiger partial charge on any atom is -0.495 e. The van der Waals surface area contributed by atoms with Crippen LogP contribution in [-0.4, -0.2) is 47.9 Å². The molecule has 1 aliphatic heterocycles. The molecule has 1 saturated heterocycles. The molecule has 118 valence electrons. The zero-order valence-electron chi connectivity index (χ0n) is 13.1. The zero-order valence-corrected chi connectivity index (χ0v) is 14.1. The number of rotatable bonds is 12. The molecular weight excluding hydrogens is 276 g/mol. The van der Waals surface area contributed by atoms with Gasteiger partial charge in [-0.15, -0.1) is 0 Å². The quantitative estimate of drug-likeness (QED) is 0.315. The van der Waals surface area contributed by atoms with E-state index in [4.69, 9.17) is 22.8 Å². The molecule has 0 aromatic rings. The van der Waals surface area contributed by atoms with Gasteiger partial charge in [-0.3, -0.25) is 0 Å². The standard InChI is InChI=1S/C14H28O5Si/c1-5-13(15-11-14-12-16-14)9-10-20(17-6-2,18-7-3)19-8-4/h9,14H,5-8,10-12H2,1-4H3/b13-9+. The topological polar surface area (TPSA) is 49.5 Å². The molecule has 0 spiro atoms. The zero-order chi connectivity index (χ0) is 14.8. The molecule has 0 bridgehead atoms. The van der Waals surface area contributed by atoms with E-state index in [1.807, 2.05) is 20.8 Å². The Kier molecular flexibility index (Phi) is 8.40. The second kappa shape index (κ2) is 9.52. The van der Waals surface area contributed by atoms with Gasteiger partial charge in [0.1, 0.15) is 12.7 Å². The summed E-state index contributed by atoms with van der Waals surface area (Å²) in [4.78, 5) is 0. The summed E-state index contributed by atoms with van der Waals surface area (Å²) in [7, 11) is -2.60. The summed E-state index contributed by atoms with van der Waals surface area (Å²) in [6.07, 6.45) is 3.18. The molecule has 0 saturated carbocycles. The summed E-state index contributed by atoms with van der Waals surface area (Å²) in [6.45, 7) is 11.2. The van der Waals surface area contributed by atoms with Crippen molar-refractivity contribution in [3.8, 4) is 0 Å². The third-order valence-corrected chi connectivity index (χ3v) is 5.77. The summed E-state index contributed by atoms with van der Waals surface area (Å²) in [5, 5.41) is 0. The van der Waals surface area contributed by atoms with Crippen molar-refractivity contribution >= 4 is 8.80 Å². The summed E-state index contributed by atoms with van der Waals surface area (Å²) in [6, 6.07) is 0.650. The number of hydrogen-bond donors (Lipinski definition) is 0. The van der Waals surface area contributed by atoms with Gasteiger partial charge in [-0.2, -0.15) is 0 Å². The van der Waals surface area contributed by atoms with Crippen LogP contribution < -0.4 is 0 Å². The van der Waals surface area contributed by atoms with E-state index in [2.05, 4.69) is 13.0 Å². The molecule has 0 aromatic carbocycles. The van der Waals surface area contributed by atoms with Gasteiger partial charge in [-0.05, 0) is 26.8 Å². The molecule has 1 atom stereocenters. The van der Waals surface area contributed by atoms with Gasteiger partial charge in [0, 0.05) is 32.3 Å². The lowest BCUT2D eigenvalue weighted by atomic mass is 10.3. The number of epoxide rings is 1. The fourth-order valence-corrected chi connectivity index (χ4v) is 4.27. The van der Waals surface area contributed by atoms with Crippen LogP contribution in [-0.2, 0) is 22.8 Å². The highest BCUT2D eigenvalue weighted by Gasteiger charge is 2.39. The van der Waals surface area contributed by atoms with Gasteiger partial charge in [0.05, 0.1) is 12.4 Å². The predicted molar refractivity (Wildman–Crippen MR) is 79.5 cm³/mol. The first kappa shape index (κ1) is 17.6. The minimum atomic E-state index is -2.60. The van der Waals surface area contributed by atoms with Crippen molar-refractivity contribution in [2.45, 2.75) is 46.3 Å². The Balaban J connectivity index is 2.58.